The van der Waals surface area contributed by atoms with Crippen LogP contribution in [0.1, 0.15) is 23.2 Å². The van der Waals surface area contributed by atoms with Gasteiger partial charge in [0.15, 0.2) is 0 Å². The predicted molar refractivity (Wildman–Crippen MR) is 52.9 cm³/mol. The van der Waals surface area contributed by atoms with Crippen molar-refractivity contribution >= 4 is 17.8 Å². The fraction of sp³-hybridized carbons (Fsp3) is 0.182. The summed E-state index contributed by atoms with van der Waals surface area (Å²) in [5, 5.41) is 0.424. The van der Waals surface area contributed by atoms with Gasteiger partial charge in [-0.15, -0.1) is 5.06 Å². The maximum absolute atomic E-state index is 12.8. The molecule has 2 rings (SSSR count). The normalized spacial score (nSPS) is 15.2. The van der Waals surface area contributed by atoms with Gasteiger partial charge < -0.3 is 4.84 Å². The third-order valence-electron chi connectivity index (χ3n) is 2.24. The molecule has 0 bridgehead atoms. The van der Waals surface area contributed by atoms with Crippen LogP contribution in [0.25, 0.3) is 0 Å². The Hall–Kier alpha value is -2.24. The second kappa shape index (κ2) is 4.32. The summed E-state index contributed by atoms with van der Waals surface area (Å²) in [6.07, 6.45) is 0.0462. The van der Waals surface area contributed by atoms with Crippen molar-refractivity contribution in [2.75, 3.05) is 0 Å². The minimum absolute atomic E-state index is 0.0231. The van der Waals surface area contributed by atoms with Gasteiger partial charge in [-0.2, -0.15) is 0 Å². The van der Waals surface area contributed by atoms with E-state index in [2.05, 4.69) is 4.84 Å². The summed E-state index contributed by atoms with van der Waals surface area (Å²) in [4.78, 5) is 38.5. The van der Waals surface area contributed by atoms with Gasteiger partial charge >= 0.3 is 5.97 Å². The fourth-order valence-corrected chi connectivity index (χ4v) is 1.41. The number of imide groups is 1. The Labute approximate surface area is 95.7 Å². The lowest BCUT2D eigenvalue weighted by Crippen LogP contribution is -2.32. The molecule has 5 nitrogen and oxygen atoms in total. The van der Waals surface area contributed by atoms with Gasteiger partial charge in [-0.3, -0.25) is 9.59 Å². The first-order valence-corrected chi connectivity index (χ1v) is 4.91. The summed E-state index contributed by atoms with van der Waals surface area (Å²) in [5.41, 5.74) is -0.0579. The van der Waals surface area contributed by atoms with E-state index in [1.165, 1.54) is 18.2 Å². The lowest BCUT2D eigenvalue weighted by atomic mass is 10.2. The molecule has 88 valence electrons. The fourth-order valence-electron chi connectivity index (χ4n) is 1.41. The minimum Gasteiger partial charge on any atom is -0.325 e. The molecule has 0 spiro atoms. The molecule has 0 aromatic heterocycles. The highest BCUT2D eigenvalue weighted by molar-refractivity contribution is 6.02. The van der Waals surface area contributed by atoms with Crippen LogP contribution in [0.5, 0.6) is 0 Å². The first-order valence-electron chi connectivity index (χ1n) is 4.91. The number of rotatable bonds is 2. The van der Waals surface area contributed by atoms with Gasteiger partial charge in [0.05, 0.1) is 5.56 Å². The number of amides is 2. The molecule has 1 fully saturated rings. The smallest absolute Gasteiger partial charge is 0.325 e. The van der Waals surface area contributed by atoms with Crippen molar-refractivity contribution in [3.05, 3.63) is 35.6 Å². The van der Waals surface area contributed by atoms with Crippen molar-refractivity contribution < 1.29 is 23.6 Å². The summed E-state index contributed by atoms with van der Waals surface area (Å²) < 4.78 is 12.8. The van der Waals surface area contributed by atoms with Crippen LogP contribution in [0.2, 0.25) is 0 Å². The summed E-state index contributed by atoms with van der Waals surface area (Å²) in [6, 6.07) is 4.80. The quantitative estimate of drug-likeness (QED) is 0.721. The first-order chi connectivity index (χ1) is 8.08. The second-order valence-electron chi connectivity index (χ2n) is 3.47. The van der Waals surface area contributed by atoms with Crippen LogP contribution < -0.4 is 0 Å². The molecule has 17 heavy (non-hydrogen) atoms. The number of carbonyl (C=O) groups is 3. The number of nitrogens with zero attached hydrogens (tertiary/aromatic N) is 1. The number of hydrogen-bond donors (Lipinski definition) is 0. The van der Waals surface area contributed by atoms with Gasteiger partial charge in [-0.1, -0.05) is 6.07 Å². The molecule has 0 unspecified atom stereocenters. The average molecular weight is 237 g/mol. The van der Waals surface area contributed by atoms with Crippen LogP contribution in [0.3, 0.4) is 0 Å². The topological polar surface area (TPSA) is 63.7 Å². The summed E-state index contributed by atoms with van der Waals surface area (Å²) in [6.45, 7) is 0. The lowest BCUT2D eigenvalue weighted by molar-refractivity contribution is -0.172. The van der Waals surface area contributed by atoms with Crippen LogP contribution in [-0.2, 0) is 14.4 Å². The summed E-state index contributed by atoms with van der Waals surface area (Å²) in [7, 11) is 0. The molecule has 1 aliphatic heterocycles. The van der Waals surface area contributed by atoms with Crippen molar-refractivity contribution in [2.24, 2.45) is 0 Å². The molecule has 1 aliphatic rings. The molecule has 1 aromatic carbocycles. The van der Waals surface area contributed by atoms with Crippen molar-refractivity contribution in [1.29, 1.82) is 0 Å². The predicted octanol–water partition coefficient (Wildman–Crippen LogP) is 1.05. The molecule has 6 heteroatoms. The van der Waals surface area contributed by atoms with Gasteiger partial charge in [0, 0.05) is 12.8 Å². The van der Waals surface area contributed by atoms with Crippen LogP contribution in [0, 0.1) is 5.82 Å². The van der Waals surface area contributed by atoms with E-state index in [1.807, 2.05) is 0 Å². The average Bonchev–Trinajstić information content (AvgIpc) is 2.61. The molecule has 0 aliphatic carbocycles. The molecule has 1 heterocycles. The monoisotopic (exact) mass is 237 g/mol. The van der Waals surface area contributed by atoms with Gasteiger partial charge in [-0.05, 0) is 18.2 Å². The molecule has 1 saturated heterocycles. The summed E-state index contributed by atoms with van der Waals surface area (Å²) in [5.74, 6) is -2.67. The standard InChI is InChI=1S/C11H8FNO4/c12-8-3-1-2-7(6-8)11(16)17-13-9(14)4-5-10(13)15/h1-3,6H,4-5H2. The number of hydroxylamine groups is 2. The van der Waals surface area contributed by atoms with Gasteiger partial charge in [0.1, 0.15) is 5.82 Å². The van der Waals surface area contributed by atoms with Gasteiger partial charge in [0.25, 0.3) is 11.8 Å². The number of benzene rings is 1. The Balaban J connectivity index is 2.12. The largest absolute Gasteiger partial charge is 0.364 e. The maximum Gasteiger partial charge on any atom is 0.364 e. The first kappa shape index (κ1) is 11.3. The third kappa shape index (κ3) is 2.30. The van der Waals surface area contributed by atoms with E-state index in [9.17, 15) is 18.8 Å². The van der Waals surface area contributed by atoms with E-state index in [1.54, 1.807) is 0 Å². The van der Waals surface area contributed by atoms with Crippen LogP contribution >= 0.6 is 0 Å². The third-order valence-corrected chi connectivity index (χ3v) is 2.24. The molecular weight excluding hydrogens is 229 g/mol. The molecular formula is C11H8FNO4. The van der Waals surface area contributed by atoms with Gasteiger partial charge in [0.2, 0.25) is 0 Å². The molecule has 0 saturated carbocycles. The Kier molecular flexibility index (Phi) is 2.86. The zero-order valence-electron chi connectivity index (χ0n) is 8.68. The van der Waals surface area contributed by atoms with Crippen molar-refractivity contribution in [2.45, 2.75) is 12.8 Å². The van der Waals surface area contributed by atoms with E-state index in [4.69, 9.17) is 0 Å². The van der Waals surface area contributed by atoms with E-state index < -0.39 is 23.6 Å². The summed E-state index contributed by atoms with van der Waals surface area (Å²) >= 11 is 0. The zero-order chi connectivity index (χ0) is 12.4. The van der Waals surface area contributed by atoms with Crippen molar-refractivity contribution in [3.8, 4) is 0 Å². The van der Waals surface area contributed by atoms with E-state index >= 15 is 0 Å². The van der Waals surface area contributed by atoms with E-state index in [0.29, 0.717) is 5.06 Å². The van der Waals surface area contributed by atoms with E-state index in [0.717, 1.165) is 6.07 Å². The molecule has 0 radical (unpaired) electrons. The maximum atomic E-state index is 12.8. The van der Waals surface area contributed by atoms with E-state index in [-0.39, 0.29) is 18.4 Å². The molecule has 1 aromatic rings. The minimum atomic E-state index is -0.937. The molecule has 0 atom stereocenters. The molecule has 0 N–H and O–H groups in total. The second-order valence-corrected chi connectivity index (χ2v) is 3.47. The van der Waals surface area contributed by atoms with Crippen molar-refractivity contribution in [1.82, 2.24) is 5.06 Å². The number of carbonyl (C=O) groups excluding carboxylic acids is 3. The Morgan fingerprint density at radius 2 is 1.88 bits per heavy atom. The highest BCUT2D eigenvalue weighted by Crippen LogP contribution is 2.14. The highest BCUT2D eigenvalue weighted by atomic mass is 19.1. The Bertz CT molecular complexity index is 484. The number of hydrogen-bond acceptors (Lipinski definition) is 4. The Morgan fingerprint density at radius 1 is 1.24 bits per heavy atom. The SMILES string of the molecule is O=C(ON1C(=O)CCC1=O)c1cccc(F)c1. The van der Waals surface area contributed by atoms with Crippen LogP contribution in [0.4, 0.5) is 4.39 Å². The van der Waals surface area contributed by atoms with Crippen LogP contribution in [-0.4, -0.2) is 22.8 Å². The molecule has 2 amide bonds. The number of halogens is 1. The van der Waals surface area contributed by atoms with Gasteiger partial charge in [-0.25, -0.2) is 9.18 Å². The highest BCUT2D eigenvalue weighted by Gasteiger charge is 2.33. The van der Waals surface area contributed by atoms with Crippen molar-refractivity contribution in [3.63, 3.8) is 0 Å². The lowest BCUT2D eigenvalue weighted by Gasteiger charge is -2.12. The zero-order valence-corrected chi connectivity index (χ0v) is 8.68. The van der Waals surface area contributed by atoms with Crippen LogP contribution in [0.15, 0.2) is 24.3 Å². The Morgan fingerprint density at radius 3 is 2.47 bits per heavy atom.